The van der Waals surface area contributed by atoms with Gasteiger partial charge in [0.05, 0.1) is 6.42 Å². The predicted octanol–water partition coefficient (Wildman–Crippen LogP) is 0.428. The number of carboxylic acid groups (broad SMARTS) is 1. The monoisotopic (exact) mass is 158 g/mol. The van der Waals surface area contributed by atoms with E-state index in [9.17, 15) is 4.79 Å². The molecule has 0 radical (unpaired) electrons. The van der Waals surface area contributed by atoms with Gasteiger partial charge in [0.25, 0.3) is 0 Å². The number of aliphatic hydroxyl groups is 2. The molecule has 0 saturated carbocycles. The van der Waals surface area contributed by atoms with Gasteiger partial charge in [0.1, 0.15) is 11.9 Å². The number of aliphatic hydroxyl groups excluding tert-OH is 2. The first-order chi connectivity index (χ1) is 5.11. The van der Waals surface area contributed by atoms with Gasteiger partial charge >= 0.3 is 5.97 Å². The largest absolute Gasteiger partial charge is 0.510 e. The molecule has 62 valence electrons. The molecule has 1 aliphatic rings. The van der Waals surface area contributed by atoms with Crippen LogP contribution in [-0.4, -0.2) is 27.4 Å². The van der Waals surface area contributed by atoms with Crippen molar-refractivity contribution in [2.75, 3.05) is 0 Å². The van der Waals surface area contributed by atoms with Crippen LogP contribution in [0.25, 0.3) is 0 Å². The summed E-state index contributed by atoms with van der Waals surface area (Å²) in [7, 11) is 0. The van der Waals surface area contributed by atoms with Gasteiger partial charge in [-0.2, -0.15) is 0 Å². The molecule has 4 nitrogen and oxygen atoms in total. The Morgan fingerprint density at radius 1 is 1.64 bits per heavy atom. The van der Waals surface area contributed by atoms with E-state index in [1.54, 1.807) is 0 Å². The summed E-state index contributed by atoms with van der Waals surface area (Å²) in [6.45, 7) is 0. The second-order valence-corrected chi connectivity index (χ2v) is 2.61. The maximum atomic E-state index is 10.2. The van der Waals surface area contributed by atoms with Crippen molar-refractivity contribution in [3.63, 3.8) is 0 Å². The number of carbonyl (C=O) groups is 1. The van der Waals surface area contributed by atoms with E-state index in [1.807, 2.05) is 0 Å². The molecule has 0 bridgehead atoms. The smallest absolute Gasteiger partial charge is 0.307 e. The zero-order valence-corrected chi connectivity index (χ0v) is 5.95. The van der Waals surface area contributed by atoms with Crippen LogP contribution in [0.5, 0.6) is 0 Å². The Hall–Kier alpha value is -1.03. The third-order valence-electron chi connectivity index (χ3n) is 1.76. The molecule has 0 heterocycles. The van der Waals surface area contributed by atoms with Crippen LogP contribution in [0.15, 0.2) is 11.3 Å². The van der Waals surface area contributed by atoms with Gasteiger partial charge in [-0.25, -0.2) is 0 Å². The number of hydrogen-bond acceptors (Lipinski definition) is 3. The Morgan fingerprint density at radius 3 is 2.64 bits per heavy atom. The van der Waals surface area contributed by atoms with Crippen molar-refractivity contribution in [3.8, 4) is 0 Å². The molecule has 3 N–H and O–H groups in total. The van der Waals surface area contributed by atoms with E-state index in [0.717, 1.165) is 0 Å². The quantitative estimate of drug-likeness (QED) is 0.544. The normalized spacial score (nSPS) is 24.3. The Bertz CT molecular complexity index is 206. The zero-order chi connectivity index (χ0) is 8.43. The molecule has 0 spiro atoms. The van der Waals surface area contributed by atoms with Crippen LogP contribution in [0.4, 0.5) is 0 Å². The predicted molar refractivity (Wildman–Crippen MR) is 37.1 cm³/mol. The van der Waals surface area contributed by atoms with Crippen molar-refractivity contribution in [1.82, 2.24) is 0 Å². The van der Waals surface area contributed by atoms with Crippen LogP contribution >= 0.6 is 0 Å². The van der Waals surface area contributed by atoms with Gasteiger partial charge in [0, 0.05) is 0 Å². The number of carboxylic acids is 1. The zero-order valence-electron chi connectivity index (χ0n) is 5.95. The molecule has 0 saturated heterocycles. The lowest BCUT2D eigenvalue weighted by Crippen LogP contribution is -2.04. The molecule has 1 atom stereocenters. The first-order valence-electron chi connectivity index (χ1n) is 3.42. The second kappa shape index (κ2) is 2.92. The van der Waals surface area contributed by atoms with Crippen LogP contribution in [0, 0.1) is 0 Å². The molecule has 0 aromatic carbocycles. The molecule has 0 fully saturated rings. The molecule has 11 heavy (non-hydrogen) atoms. The molecule has 0 amide bonds. The summed E-state index contributed by atoms with van der Waals surface area (Å²) in [6, 6.07) is 0. The third kappa shape index (κ3) is 1.71. The SMILES string of the molecule is O=C(O)CC1=C(O)C(O)CC1. The van der Waals surface area contributed by atoms with Crippen molar-refractivity contribution in [2.45, 2.75) is 25.4 Å². The van der Waals surface area contributed by atoms with E-state index in [-0.39, 0.29) is 12.2 Å². The van der Waals surface area contributed by atoms with Crippen molar-refractivity contribution in [2.24, 2.45) is 0 Å². The summed E-state index contributed by atoms with van der Waals surface area (Å²) >= 11 is 0. The maximum absolute atomic E-state index is 10.2. The number of hydrogen-bond donors (Lipinski definition) is 3. The van der Waals surface area contributed by atoms with Gasteiger partial charge in [-0.3, -0.25) is 4.79 Å². The van der Waals surface area contributed by atoms with Gasteiger partial charge in [-0.15, -0.1) is 0 Å². The fourth-order valence-electron chi connectivity index (χ4n) is 1.17. The van der Waals surface area contributed by atoms with Crippen LogP contribution in [0.3, 0.4) is 0 Å². The highest BCUT2D eigenvalue weighted by atomic mass is 16.4. The van der Waals surface area contributed by atoms with Crippen LogP contribution in [0.2, 0.25) is 0 Å². The summed E-state index contributed by atoms with van der Waals surface area (Å²) < 4.78 is 0. The molecule has 1 aliphatic carbocycles. The fourth-order valence-corrected chi connectivity index (χ4v) is 1.17. The number of aliphatic carboxylic acids is 1. The van der Waals surface area contributed by atoms with Gasteiger partial charge < -0.3 is 15.3 Å². The Morgan fingerprint density at radius 2 is 2.27 bits per heavy atom. The first-order valence-corrected chi connectivity index (χ1v) is 3.42. The van der Waals surface area contributed by atoms with E-state index < -0.39 is 12.1 Å². The molecule has 1 unspecified atom stereocenters. The van der Waals surface area contributed by atoms with Crippen molar-refractivity contribution >= 4 is 5.97 Å². The van der Waals surface area contributed by atoms with Crippen LogP contribution in [-0.2, 0) is 4.79 Å². The molecule has 4 heteroatoms. The minimum atomic E-state index is -0.972. The second-order valence-electron chi connectivity index (χ2n) is 2.61. The summed E-state index contributed by atoms with van der Waals surface area (Å²) in [5.74, 6) is -1.12. The first kappa shape index (κ1) is 8.07. The lowest BCUT2D eigenvalue weighted by atomic mass is 10.2. The molecular weight excluding hydrogens is 148 g/mol. The van der Waals surface area contributed by atoms with Gasteiger partial charge in [0.15, 0.2) is 0 Å². The summed E-state index contributed by atoms with van der Waals surface area (Å²) in [5, 5.41) is 26.4. The van der Waals surface area contributed by atoms with Gasteiger partial charge in [-0.1, -0.05) is 0 Å². The fraction of sp³-hybridized carbons (Fsp3) is 0.571. The van der Waals surface area contributed by atoms with Gasteiger partial charge in [0.2, 0.25) is 0 Å². The number of rotatable bonds is 2. The molecule has 1 rings (SSSR count). The van der Waals surface area contributed by atoms with Crippen LogP contribution < -0.4 is 0 Å². The molecule has 0 aliphatic heterocycles. The average molecular weight is 158 g/mol. The molecule has 0 aromatic heterocycles. The van der Waals surface area contributed by atoms with E-state index >= 15 is 0 Å². The Balaban J connectivity index is 2.64. The summed E-state index contributed by atoms with van der Waals surface area (Å²) in [6.07, 6.45) is -0.0826. The highest BCUT2D eigenvalue weighted by Gasteiger charge is 2.23. The van der Waals surface area contributed by atoms with Crippen molar-refractivity contribution in [1.29, 1.82) is 0 Å². The van der Waals surface area contributed by atoms with E-state index in [2.05, 4.69) is 0 Å². The van der Waals surface area contributed by atoms with E-state index in [1.165, 1.54) is 0 Å². The minimum absolute atomic E-state index is 0.146. The molecular formula is C7H10O4. The lowest BCUT2D eigenvalue weighted by molar-refractivity contribution is -0.136. The van der Waals surface area contributed by atoms with Crippen molar-refractivity contribution < 1.29 is 20.1 Å². The van der Waals surface area contributed by atoms with Crippen molar-refractivity contribution in [3.05, 3.63) is 11.3 Å². The van der Waals surface area contributed by atoms with Crippen LogP contribution in [0.1, 0.15) is 19.3 Å². The standard InChI is InChI=1S/C7H10O4/c8-5-2-1-4(7(5)11)3-6(9)10/h5,8,11H,1-3H2,(H,9,10). The van der Waals surface area contributed by atoms with E-state index in [0.29, 0.717) is 18.4 Å². The summed E-state index contributed by atoms with van der Waals surface area (Å²) in [4.78, 5) is 10.2. The molecule has 0 aromatic rings. The highest BCUT2D eigenvalue weighted by Crippen LogP contribution is 2.26. The highest BCUT2D eigenvalue weighted by molar-refractivity contribution is 5.70. The Kier molecular flexibility index (Phi) is 2.14. The van der Waals surface area contributed by atoms with Gasteiger partial charge in [-0.05, 0) is 18.4 Å². The maximum Gasteiger partial charge on any atom is 0.307 e. The average Bonchev–Trinajstić information content (AvgIpc) is 2.18. The Labute approximate surface area is 63.8 Å². The topological polar surface area (TPSA) is 77.8 Å². The lowest BCUT2D eigenvalue weighted by Gasteiger charge is -1.99. The van der Waals surface area contributed by atoms with E-state index in [4.69, 9.17) is 15.3 Å². The minimum Gasteiger partial charge on any atom is -0.510 e. The summed E-state index contributed by atoms with van der Waals surface area (Å²) in [5.41, 5.74) is 0.449. The third-order valence-corrected chi connectivity index (χ3v) is 1.76.